The Morgan fingerprint density at radius 2 is 2.05 bits per heavy atom. The molecule has 112 valence electrons. The topological polar surface area (TPSA) is 62.5 Å². The molecule has 1 aromatic heterocycles. The molecule has 20 heavy (non-hydrogen) atoms. The van der Waals surface area contributed by atoms with Crippen molar-refractivity contribution < 1.29 is 14.3 Å². The van der Waals surface area contributed by atoms with E-state index in [1.807, 2.05) is 0 Å². The van der Waals surface area contributed by atoms with E-state index in [0.29, 0.717) is 24.1 Å². The van der Waals surface area contributed by atoms with Gasteiger partial charge in [0.05, 0.1) is 6.54 Å². The molecule has 4 nitrogen and oxygen atoms in total. The lowest BCUT2D eigenvalue weighted by Crippen LogP contribution is -2.32. The monoisotopic (exact) mass is 279 g/mol. The molecule has 2 rings (SSSR count). The summed E-state index contributed by atoms with van der Waals surface area (Å²) in [7, 11) is 0. The number of aryl methyl sites for hydroxylation is 1. The highest BCUT2D eigenvalue weighted by molar-refractivity contribution is 5.88. The average molecular weight is 279 g/mol. The first-order chi connectivity index (χ1) is 9.58. The molecule has 2 N–H and O–H groups in total. The van der Waals surface area contributed by atoms with Crippen LogP contribution in [0.5, 0.6) is 0 Å². The fourth-order valence-corrected chi connectivity index (χ4v) is 3.08. The summed E-state index contributed by atoms with van der Waals surface area (Å²) in [6, 6.07) is 2.08. The molecule has 4 heteroatoms. The molecule has 1 saturated carbocycles. The molecule has 0 saturated heterocycles. The number of hydrogen-bond acceptors (Lipinski definition) is 3. The smallest absolute Gasteiger partial charge is 0.339 e. The van der Waals surface area contributed by atoms with Gasteiger partial charge in [-0.05, 0) is 38.7 Å². The highest BCUT2D eigenvalue weighted by Gasteiger charge is 2.19. The lowest BCUT2D eigenvalue weighted by molar-refractivity contribution is 0.0695. The predicted molar refractivity (Wildman–Crippen MR) is 77.9 cm³/mol. The van der Waals surface area contributed by atoms with E-state index in [2.05, 4.69) is 12.2 Å². The van der Waals surface area contributed by atoms with E-state index in [0.717, 1.165) is 5.92 Å². The second-order valence-electron chi connectivity index (χ2n) is 5.91. The molecule has 1 aliphatic carbocycles. The number of carboxylic acid groups (broad SMARTS) is 1. The van der Waals surface area contributed by atoms with Crippen molar-refractivity contribution in [3.8, 4) is 0 Å². The fourth-order valence-electron chi connectivity index (χ4n) is 3.08. The maximum Gasteiger partial charge on any atom is 0.339 e. The van der Waals surface area contributed by atoms with Crippen molar-refractivity contribution in [2.24, 2.45) is 5.92 Å². The highest BCUT2D eigenvalue weighted by atomic mass is 16.4. The number of aromatic carboxylic acids is 1. The standard InChI is InChI=1S/C16H25NO3/c1-11(13-7-5-3-4-6-8-13)17-10-14-9-15(16(18)19)12(2)20-14/h9,11,13,17H,3-8,10H2,1-2H3,(H,18,19)/t11-/m1/s1. The van der Waals surface area contributed by atoms with Gasteiger partial charge in [0, 0.05) is 6.04 Å². The molecule has 1 fully saturated rings. The maximum atomic E-state index is 11.0. The Bertz CT molecular complexity index is 445. The summed E-state index contributed by atoms with van der Waals surface area (Å²) >= 11 is 0. The van der Waals surface area contributed by atoms with Crippen LogP contribution in [0.3, 0.4) is 0 Å². The van der Waals surface area contributed by atoms with E-state index in [1.54, 1.807) is 13.0 Å². The Kier molecular flexibility index (Phi) is 5.24. The van der Waals surface area contributed by atoms with Gasteiger partial charge in [-0.2, -0.15) is 0 Å². The molecular weight excluding hydrogens is 254 g/mol. The van der Waals surface area contributed by atoms with E-state index < -0.39 is 5.97 Å². The van der Waals surface area contributed by atoms with Crippen LogP contribution < -0.4 is 5.32 Å². The van der Waals surface area contributed by atoms with Gasteiger partial charge in [0.2, 0.25) is 0 Å². The van der Waals surface area contributed by atoms with E-state index in [-0.39, 0.29) is 5.56 Å². The fraction of sp³-hybridized carbons (Fsp3) is 0.688. The van der Waals surface area contributed by atoms with Gasteiger partial charge in [-0.25, -0.2) is 4.79 Å². The van der Waals surface area contributed by atoms with Crippen LogP contribution in [0.4, 0.5) is 0 Å². The van der Waals surface area contributed by atoms with Crippen LogP contribution in [0.15, 0.2) is 10.5 Å². The van der Waals surface area contributed by atoms with Gasteiger partial charge in [0.25, 0.3) is 0 Å². The summed E-state index contributed by atoms with van der Waals surface area (Å²) < 4.78 is 5.50. The minimum Gasteiger partial charge on any atom is -0.478 e. The SMILES string of the molecule is Cc1oc(CN[C@H](C)C2CCCCCC2)cc1C(=O)O. The van der Waals surface area contributed by atoms with Crippen molar-refractivity contribution in [3.63, 3.8) is 0 Å². The van der Waals surface area contributed by atoms with Crippen LogP contribution in [0.25, 0.3) is 0 Å². The lowest BCUT2D eigenvalue weighted by atomic mass is 9.93. The minimum absolute atomic E-state index is 0.268. The number of rotatable bonds is 5. The molecule has 1 aromatic rings. The Hall–Kier alpha value is -1.29. The second-order valence-corrected chi connectivity index (χ2v) is 5.91. The normalized spacial score (nSPS) is 18.7. The molecule has 0 aliphatic heterocycles. The molecule has 0 amide bonds. The Balaban J connectivity index is 1.87. The first-order valence-electron chi connectivity index (χ1n) is 7.64. The third-order valence-corrected chi connectivity index (χ3v) is 4.40. The van der Waals surface area contributed by atoms with Crippen LogP contribution in [0, 0.1) is 12.8 Å². The van der Waals surface area contributed by atoms with E-state index >= 15 is 0 Å². The van der Waals surface area contributed by atoms with Crippen LogP contribution in [-0.2, 0) is 6.54 Å². The summed E-state index contributed by atoms with van der Waals surface area (Å²) in [5.41, 5.74) is 0.268. The van der Waals surface area contributed by atoms with Crippen molar-refractivity contribution >= 4 is 5.97 Å². The van der Waals surface area contributed by atoms with Gasteiger partial charge in [-0.3, -0.25) is 0 Å². The van der Waals surface area contributed by atoms with Crippen LogP contribution in [0.2, 0.25) is 0 Å². The lowest BCUT2D eigenvalue weighted by Gasteiger charge is -2.23. The third-order valence-electron chi connectivity index (χ3n) is 4.40. The van der Waals surface area contributed by atoms with Crippen LogP contribution in [0.1, 0.15) is 67.3 Å². The summed E-state index contributed by atoms with van der Waals surface area (Å²) in [6.45, 7) is 4.53. The van der Waals surface area contributed by atoms with Gasteiger partial charge >= 0.3 is 5.97 Å². The molecule has 1 heterocycles. The highest BCUT2D eigenvalue weighted by Crippen LogP contribution is 2.25. The number of hydrogen-bond donors (Lipinski definition) is 2. The third kappa shape index (κ3) is 3.85. The average Bonchev–Trinajstić information content (AvgIpc) is 2.64. The van der Waals surface area contributed by atoms with Crippen molar-refractivity contribution in [3.05, 3.63) is 23.2 Å². The number of nitrogens with one attached hydrogen (secondary N) is 1. The van der Waals surface area contributed by atoms with Crippen molar-refractivity contribution in [1.82, 2.24) is 5.32 Å². The van der Waals surface area contributed by atoms with E-state index in [1.165, 1.54) is 38.5 Å². The second kappa shape index (κ2) is 6.93. The summed E-state index contributed by atoms with van der Waals surface area (Å²) in [4.78, 5) is 11.0. The number of furan rings is 1. The molecule has 0 aromatic carbocycles. The van der Waals surface area contributed by atoms with Gasteiger partial charge in [-0.15, -0.1) is 0 Å². The van der Waals surface area contributed by atoms with Gasteiger partial charge in [0.15, 0.2) is 0 Å². The molecule has 1 aliphatic rings. The Morgan fingerprint density at radius 1 is 1.40 bits per heavy atom. The Labute approximate surface area is 120 Å². The van der Waals surface area contributed by atoms with E-state index in [4.69, 9.17) is 9.52 Å². The van der Waals surface area contributed by atoms with Gasteiger partial charge < -0.3 is 14.8 Å². The van der Waals surface area contributed by atoms with Crippen LogP contribution >= 0.6 is 0 Å². The van der Waals surface area contributed by atoms with Crippen molar-refractivity contribution in [2.45, 2.75) is 65.0 Å². The molecule has 0 spiro atoms. The predicted octanol–water partition coefficient (Wildman–Crippen LogP) is 3.73. The van der Waals surface area contributed by atoms with Crippen molar-refractivity contribution in [1.29, 1.82) is 0 Å². The zero-order valence-electron chi connectivity index (χ0n) is 12.4. The van der Waals surface area contributed by atoms with E-state index in [9.17, 15) is 4.79 Å². The summed E-state index contributed by atoms with van der Waals surface area (Å²) in [5.74, 6) is 0.999. The molecular formula is C16H25NO3. The zero-order valence-corrected chi connectivity index (χ0v) is 12.4. The maximum absolute atomic E-state index is 11.0. The Morgan fingerprint density at radius 3 is 2.60 bits per heavy atom. The first kappa shape index (κ1) is 15.1. The first-order valence-corrected chi connectivity index (χ1v) is 7.64. The van der Waals surface area contributed by atoms with Crippen molar-refractivity contribution in [2.75, 3.05) is 0 Å². The summed E-state index contributed by atoms with van der Waals surface area (Å²) in [5, 5.41) is 12.5. The van der Waals surface area contributed by atoms with Crippen LogP contribution in [-0.4, -0.2) is 17.1 Å². The molecule has 0 bridgehead atoms. The zero-order chi connectivity index (χ0) is 14.5. The largest absolute Gasteiger partial charge is 0.478 e. The minimum atomic E-state index is -0.922. The molecule has 0 radical (unpaired) electrons. The molecule has 1 atom stereocenters. The van der Waals surface area contributed by atoms with Gasteiger partial charge in [0.1, 0.15) is 17.1 Å². The van der Waals surface area contributed by atoms with Gasteiger partial charge in [-0.1, -0.05) is 25.7 Å². The number of carboxylic acids is 1. The molecule has 0 unspecified atom stereocenters. The number of carbonyl (C=O) groups is 1. The quantitative estimate of drug-likeness (QED) is 0.806. The summed E-state index contributed by atoms with van der Waals surface area (Å²) in [6.07, 6.45) is 7.99.